The van der Waals surface area contributed by atoms with Crippen molar-refractivity contribution in [3.63, 3.8) is 0 Å². The van der Waals surface area contributed by atoms with Crippen LogP contribution in [0.25, 0.3) is 0 Å². The summed E-state index contributed by atoms with van der Waals surface area (Å²) < 4.78 is 5.78. The van der Waals surface area contributed by atoms with E-state index in [2.05, 4.69) is 15.0 Å². The first kappa shape index (κ1) is 15.1. The number of nitrogens with zero attached hydrogens (tertiary/aromatic N) is 4. The molecule has 22 heavy (non-hydrogen) atoms. The highest BCUT2D eigenvalue weighted by molar-refractivity contribution is 7.11. The normalized spacial score (nSPS) is 18.4. The van der Waals surface area contributed by atoms with Crippen LogP contribution in [-0.2, 0) is 11.2 Å². The topological polar surface area (TPSA) is 68.2 Å². The Kier molecular flexibility index (Phi) is 4.74. The molecule has 0 radical (unpaired) electrons. The fourth-order valence-corrected chi connectivity index (χ4v) is 3.10. The molecular weight excluding hydrogens is 300 g/mol. The van der Waals surface area contributed by atoms with E-state index in [9.17, 15) is 4.79 Å². The molecule has 0 aromatic carbocycles. The van der Waals surface area contributed by atoms with Crippen LogP contribution in [0.5, 0.6) is 0 Å². The molecule has 0 saturated carbocycles. The van der Waals surface area contributed by atoms with Crippen LogP contribution < -0.4 is 0 Å². The molecule has 1 saturated heterocycles. The predicted molar refractivity (Wildman–Crippen MR) is 82.8 cm³/mol. The van der Waals surface area contributed by atoms with E-state index < -0.39 is 0 Å². The maximum Gasteiger partial charge on any atom is 0.265 e. The third-order valence-electron chi connectivity index (χ3n) is 3.65. The molecule has 3 rings (SSSR count). The Morgan fingerprint density at radius 1 is 1.50 bits per heavy atom. The largest absolute Gasteiger partial charge is 0.375 e. The van der Waals surface area contributed by atoms with Gasteiger partial charge < -0.3 is 9.64 Å². The van der Waals surface area contributed by atoms with Crippen LogP contribution in [0, 0.1) is 6.92 Å². The summed E-state index contributed by atoms with van der Waals surface area (Å²) in [4.78, 5) is 27.2. The number of amides is 1. The number of hydrogen-bond donors (Lipinski definition) is 0. The molecule has 2 aromatic rings. The highest BCUT2D eigenvalue weighted by atomic mass is 32.1. The van der Waals surface area contributed by atoms with Crippen LogP contribution in [-0.4, -0.2) is 51.6 Å². The summed E-state index contributed by atoms with van der Waals surface area (Å²) in [5.41, 5.74) is 3.67. The smallest absolute Gasteiger partial charge is 0.265 e. The molecule has 1 fully saturated rings. The quantitative estimate of drug-likeness (QED) is 0.858. The van der Waals surface area contributed by atoms with E-state index in [-0.39, 0.29) is 12.0 Å². The molecule has 3 heterocycles. The third kappa shape index (κ3) is 3.66. The molecule has 0 spiro atoms. The van der Waals surface area contributed by atoms with Crippen molar-refractivity contribution in [2.75, 3.05) is 19.7 Å². The molecule has 7 heteroatoms. The van der Waals surface area contributed by atoms with Crippen LogP contribution >= 0.6 is 11.3 Å². The Labute approximate surface area is 133 Å². The summed E-state index contributed by atoms with van der Waals surface area (Å²) in [6.45, 7) is 3.80. The number of aryl methyl sites for hydroxylation is 2. The number of rotatable bonds is 4. The molecule has 116 valence electrons. The van der Waals surface area contributed by atoms with Gasteiger partial charge in [-0.25, -0.2) is 9.97 Å². The van der Waals surface area contributed by atoms with Crippen LogP contribution in [0.4, 0.5) is 0 Å². The molecule has 6 nitrogen and oxygen atoms in total. The lowest BCUT2D eigenvalue weighted by Gasteiger charge is -2.32. The second-order valence-electron chi connectivity index (χ2n) is 5.30. The maximum absolute atomic E-state index is 12.3. The highest BCUT2D eigenvalue weighted by Gasteiger charge is 2.25. The molecule has 0 bridgehead atoms. The summed E-state index contributed by atoms with van der Waals surface area (Å²) in [7, 11) is 0. The van der Waals surface area contributed by atoms with Gasteiger partial charge in [0.15, 0.2) is 0 Å². The summed E-state index contributed by atoms with van der Waals surface area (Å²) in [5.74, 6) is 0.0497. The number of thiazole rings is 1. The van der Waals surface area contributed by atoms with Gasteiger partial charge >= 0.3 is 0 Å². The van der Waals surface area contributed by atoms with Crippen LogP contribution in [0.1, 0.15) is 27.5 Å². The number of morpholine rings is 1. The van der Waals surface area contributed by atoms with E-state index in [4.69, 9.17) is 4.74 Å². The number of hydrogen-bond acceptors (Lipinski definition) is 6. The fraction of sp³-hybridized carbons (Fsp3) is 0.467. The number of aromatic nitrogens is 3. The fourth-order valence-electron chi connectivity index (χ4n) is 2.51. The number of ether oxygens (including phenoxy) is 1. The zero-order chi connectivity index (χ0) is 15.4. The van der Waals surface area contributed by atoms with Crippen LogP contribution in [0.3, 0.4) is 0 Å². The molecule has 1 atom stereocenters. The first-order valence-electron chi connectivity index (χ1n) is 7.29. The molecule has 2 aromatic heterocycles. The van der Waals surface area contributed by atoms with Crippen molar-refractivity contribution in [3.05, 3.63) is 40.4 Å². The Morgan fingerprint density at radius 2 is 2.41 bits per heavy atom. The molecule has 0 aliphatic carbocycles. The minimum Gasteiger partial charge on any atom is -0.375 e. The Morgan fingerprint density at radius 3 is 3.18 bits per heavy atom. The minimum absolute atomic E-state index is 0.0497. The van der Waals surface area contributed by atoms with Crippen molar-refractivity contribution in [2.45, 2.75) is 25.9 Å². The van der Waals surface area contributed by atoms with Gasteiger partial charge in [-0.3, -0.25) is 9.78 Å². The van der Waals surface area contributed by atoms with Crippen molar-refractivity contribution >= 4 is 17.2 Å². The minimum atomic E-state index is 0.0497. The molecule has 1 aliphatic rings. The van der Waals surface area contributed by atoms with Gasteiger partial charge in [0.1, 0.15) is 11.2 Å². The van der Waals surface area contributed by atoms with Crippen molar-refractivity contribution in [1.29, 1.82) is 0 Å². The van der Waals surface area contributed by atoms with Gasteiger partial charge in [0.25, 0.3) is 5.91 Å². The predicted octanol–water partition coefficient (Wildman–Crippen LogP) is 1.72. The highest BCUT2D eigenvalue weighted by Crippen LogP contribution is 2.16. The Balaban J connectivity index is 1.55. The average Bonchev–Trinajstić information content (AvgIpc) is 3.07. The lowest BCUT2D eigenvalue weighted by Crippen LogP contribution is -2.45. The summed E-state index contributed by atoms with van der Waals surface area (Å²) in [5, 5.41) is 0. The van der Waals surface area contributed by atoms with Gasteiger partial charge in [-0.2, -0.15) is 0 Å². The molecule has 0 N–H and O–H groups in total. The van der Waals surface area contributed by atoms with E-state index in [1.54, 1.807) is 18.0 Å². The van der Waals surface area contributed by atoms with Gasteiger partial charge in [0.2, 0.25) is 0 Å². The van der Waals surface area contributed by atoms with Crippen molar-refractivity contribution in [3.8, 4) is 0 Å². The third-order valence-corrected chi connectivity index (χ3v) is 4.41. The van der Waals surface area contributed by atoms with Gasteiger partial charge in [-0.05, 0) is 25.8 Å². The first-order valence-corrected chi connectivity index (χ1v) is 8.17. The molecular formula is C15H18N4O2S. The van der Waals surface area contributed by atoms with E-state index in [0.29, 0.717) is 24.6 Å². The van der Waals surface area contributed by atoms with Gasteiger partial charge in [-0.1, -0.05) is 0 Å². The van der Waals surface area contributed by atoms with Gasteiger partial charge in [-0.15, -0.1) is 11.3 Å². The molecule has 1 amide bonds. The number of carbonyl (C=O) groups is 1. The lowest BCUT2D eigenvalue weighted by molar-refractivity contribution is -0.0245. The van der Waals surface area contributed by atoms with Crippen molar-refractivity contribution in [2.24, 2.45) is 0 Å². The van der Waals surface area contributed by atoms with Crippen LogP contribution in [0.15, 0.2) is 24.1 Å². The summed E-state index contributed by atoms with van der Waals surface area (Å²) >= 11 is 1.38. The monoisotopic (exact) mass is 318 g/mol. The average molecular weight is 318 g/mol. The number of carbonyl (C=O) groups excluding carboxylic acids is 1. The standard InChI is InChI=1S/C15H18N4O2S/c1-11-6-12(18-9-17-11)2-3-13-8-19(4-5-21-13)15(20)14-7-16-10-22-14/h6-7,9-10,13H,2-5,8H2,1H3/t13-/m1/s1. The van der Waals surface area contributed by atoms with Gasteiger partial charge in [0, 0.05) is 24.5 Å². The Hall–Kier alpha value is -1.86. The van der Waals surface area contributed by atoms with E-state index in [1.165, 1.54) is 11.3 Å². The second kappa shape index (κ2) is 6.93. The Bertz CT molecular complexity index is 632. The SMILES string of the molecule is Cc1cc(CC[C@@H]2CN(C(=O)c3cncs3)CCO2)ncn1. The zero-order valence-corrected chi connectivity index (χ0v) is 13.3. The second-order valence-corrected chi connectivity index (χ2v) is 6.19. The van der Waals surface area contributed by atoms with E-state index in [1.807, 2.05) is 17.9 Å². The van der Waals surface area contributed by atoms with E-state index >= 15 is 0 Å². The van der Waals surface area contributed by atoms with E-state index in [0.717, 1.165) is 24.2 Å². The van der Waals surface area contributed by atoms with Gasteiger partial charge in [0.05, 0.1) is 24.4 Å². The zero-order valence-electron chi connectivity index (χ0n) is 12.4. The maximum atomic E-state index is 12.3. The molecule has 1 aliphatic heterocycles. The molecule has 0 unspecified atom stereocenters. The van der Waals surface area contributed by atoms with Crippen molar-refractivity contribution < 1.29 is 9.53 Å². The summed E-state index contributed by atoms with van der Waals surface area (Å²) in [6, 6.07) is 1.99. The van der Waals surface area contributed by atoms with Crippen molar-refractivity contribution in [1.82, 2.24) is 19.9 Å². The first-order chi connectivity index (χ1) is 10.7. The lowest BCUT2D eigenvalue weighted by atomic mass is 10.1. The van der Waals surface area contributed by atoms with Crippen LogP contribution in [0.2, 0.25) is 0 Å². The summed E-state index contributed by atoms with van der Waals surface area (Å²) in [6.07, 6.45) is 4.95.